The molecular weight excluding hydrogens is 208 g/mol. The molecule has 0 radical (unpaired) electrons. The molecule has 4 nitrogen and oxygen atoms in total. The molecule has 0 amide bonds. The summed E-state index contributed by atoms with van der Waals surface area (Å²) < 4.78 is 5.14. The fourth-order valence-corrected chi connectivity index (χ4v) is 1.56. The second kappa shape index (κ2) is 5.84. The third kappa shape index (κ3) is 2.95. The van der Waals surface area contributed by atoms with Gasteiger partial charge in [0.25, 0.3) is 0 Å². The average molecular weight is 226 g/mol. The Morgan fingerprint density at radius 2 is 2.00 bits per heavy atom. The van der Waals surface area contributed by atoms with E-state index in [1.165, 1.54) is 7.11 Å². The van der Waals surface area contributed by atoms with Gasteiger partial charge in [0.05, 0.1) is 13.2 Å². The maximum atomic E-state index is 9.88. The molecule has 0 aliphatic rings. The van der Waals surface area contributed by atoms with Gasteiger partial charge in [0.15, 0.2) is 0 Å². The van der Waals surface area contributed by atoms with Crippen molar-refractivity contribution in [3.63, 3.8) is 0 Å². The zero-order chi connectivity index (χ0) is 12.1. The molecule has 0 aliphatic heterocycles. The largest absolute Gasteiger partial charge is 0.496 e. The Hall–Kier alpha value is -1.10. The van der Waals surface area contributed by atoms with Crippen LogP contribution in [0, 0.1) is 6.92 Å². The highest BCUT2D eigenvalue weighted by Gasteiger charge is 2.21. The Morgan fingerprint density at radius 3 is 2.56 bits per heavy atom. The van der Waals surface area contributed by atoms with E-state index < -0.39 is 12.2 Å². The number of ether oxygens (including phenoxy) is 1. The van der Waals surface area contributed by atoms with Gasteiger partial charge in [0, 0.05) is 12.2 Å². The van der Waals surface area contributed by atoms with E-state index in [4.69, 9.17) is 9.84 Å². The van der Waals surface area contributed by atoms with Gasteiger partial charge in [-0.25, -0.2) is 0 Å². The van der Waals surface area contributed by atoms with Gasteiger partial charge in [-0.2, -0.15) is 0 Å². The predicted molar refractivity (Wildman–Crippen MR) is 60.4 cm³/mol. The molecule has 0 aromatic heterocycles. The van der Waals surface area contributed by atoms with Crippen LogP contribution >= 0.6 is 0 Å². The monoisotopic (exact) mass is 226 g/mol. The zero-order valence-electron chi connectivity index (χ0n) is 9.55. The molecule has 1 aromatic rings. The third-order valence-corrected chi connectivity index (χ3v) is 2.50. The van der Waals surface area contributed by atoms with Crippen LogP contribution in [-0.4, -0.2) is 35.1 Å². The summed E-state index contributed by atoms with van der Waals surface area (Å²) in [6, 6.07) is 5.36. The predicted octanol–water partition coefficient (Wildman–Crippen LogP) is 0.780. The van der Waals surface area contributed by atoms with Crippen LogP contribution in [0.25, 0.3) is 0 Å². The van der Waals surface area contributed by atoms with Crippen LogP contribution in [0.4, 0.5) is 0 Å². The summed E-state index contributed by atoms with van der Waals surface area (Å²) in [4.78, 5) is 0. The van der Waals surface area contributed by atoms with Gasteiger partial charge in [-0.1, -0.05) is 12.1 Å². The first-order valence-electron chi connectivity index (χ1n) is 5.21. The van der Waals surface area contributed by atoms with E-state index in [9.17, 15) is 10.2 Å². The number of methoxy groups -OCH3 is 1. The van der Waals surface area contributed by atoms with E-state index in [0.29, 0.717) is 11.3 Å². The second-order valence-corrected chi connectivity index (χ2v) is 3.77. The second-order valence-electron chi connectivity index (χ2n) is 3.77. The van der Waals surface area contributed by atoms with Gasteiger partial charge < -0.3 is 20.1 Å². The summed E-state index contributed by atoms with van der Waals surface area (Å²) in [5.41, 5.74) is 1.55. The summed E-state index contributed by atoms with van der Waals surface area (Å²) in [5, 5.41) is 28.2. The van der Waals surface area contributed by atoms with Crippen LogP contribution in [0.2, 0.25) is 0 Å². The number of aryl methyl sites for hydroxylation is 1. The van der Waals surface area contributed by atoms with E-state index in [-0.39, 0.29) is 13.0 Å². The highest BCUT2D eigenvalue weighted by atomic mass is 16.5. The van der Waals surface area contributed by atoms with Crippen molar-refractivity contribution in [1.82, 2.24) is 0 Å². The van der Waals surface area contributed by atoms with Gasteiger partial charge in [-0.15, -0.1) is 0 Å². The molecule has 1 rings (SSSR count). The maximum absolute atomic E-state index is 9.88. The van der Waals surface area contributed by atoms with Gasteiger partial charge in [0.2, 0.25) is 0 Å². The molecule has 0 bridgehead atoms. The third-order valence-electron chi connectivity index (χ3n) is 2.50. The van der Waals surface area contributed by atoms with Crippen LogP contribution < -0.4 is 4.74 Å². The lowest BCUT2D eigenvalue weighted by Gasteiger charge is -2.19. The minimum atomic E-state index is -1.04. The van der Waals surface area contributed by atoms with Crippen LogP contribution in [0.1, 0.15) is 23.7 Å². The standard InChI is InChI=1S/C12H18O4/c1-8-3-4-9(11(7-8)16-2)12(15)10(14)5-6-13/h3-4,7,10,12-15H,5-6H2,1-2H3. The van der Waals surface area contributed by atoms with E-state index >= 15 is 0 Å². The fourth-order valence-electron chi connectivity index (χ4n) is 1.56. The normalized spacial score (nSPS) is 14.6. The van der Waals surface area contributed by atoms with Crippen LogP contribution in [0.3, 0.4) is 0 Å². The SMILES string of the molecule is COc1cc(C)ccc1C(O)C(O)CCO. The molecule has 0 fully saturated rings. The fraction of sp³-hybridized carbons (Fsp3) is 0.500. The Kier molecular flexibility index (Phi) is 4.73. The van der Waals surface area contributed by atoms with Crippen molar-refractivity contribution in [2.45, 2.75) is 25.6 Å². The Morgan fingerprint density at radius 1 is 1.31 bits per heavy atom. The van der Waals surface area contributed by atoms with Crippen molar-refractivity contribution < 1.29 is 20.1 Å². The number of benzene rings is 1. The number of rotatable bonds is 5. The molecule has 0 heterocycles. The summed E-state index contributed by atoms with van der Waals surface area (Å²) in [6.07, 6.45) is -1.89. The first kappa shape index (κ1) is 13.0. The summed E-state index contributed by atoms with van der Waals surface area (Å²) >= 11 is 0. The summed E-state index contributed by atoms with van der Waals surface area (Å²) in [5.74, 6) is 0.546. The van der Waals surface area contributed by atoms with E-state index in [1.807, 2.05) is 13.0 Å². The Balaban J connectivity index is 2.93. The average Bonchev–Trinajstić information content (AvgIpc) is 2.28. The van der Waals surface area contributed by atoms with Crippen molar-refractivity contribution in [1.29, 1.82) is 0 Å². The van der Waals surface area contributed by atoms with E-state index in [2.05, 4.69) is 0 Å². The highest BCUT2D eigenvalue weighted by molar-refractivity contribution is 5.39. The quantitative estimate of drug-likeness (QED) is 0.694. The van der Waals surface area contributed by atoms with Crippen molar-refractivity contribution in [3.8, 4) is 5.75 Å². The lowest BCUT2D eigenvalue weighted by Crippen LogP contribution is -2.20. The number of aliphatic hydroxyl groups is 3. The van der Waals surface area contributed by atoms with E-state index in [1.54, 1.807) is 12.1 Å². The topological polar surface area (TPSA) is 69.9 Å². The molecule has 3 N–H and O–H groups in total. The van der Waals surface area contributed by atoms with Crippen molar-refractivity contribution in [3.05, 3.63) is 29.3 Å². The van der Waals surface area contributed by atoms with Gasteiger partial charge in [0.1, 0.15) is 11.9 Å². The van der Waals surface area contributed by atoms with Crippen LogP contribution in [-0.2, 0) is 0 Å². The van der Waals surface area contributed by atoms with Gasteiger partial charge >= 0.3 is 0 Å². The van der Waals surface area contributed by atoms with Crippen molar-refractivity contribution in [2.24, 2.45) is 0 Å². The molecule has 1 aromatic carbocycles. The van der Waals surface area contributed by atoms with E-state index in [0.717, 1.165) is 5.56 Å². The summed E-state index contributed by atoms with van der Waals surface area (Å²) in [7, 11) is 1.52. The van der Waals surface area contributed by atoms with Crippen LogP contribution in [0.15, 0.2) is 18.2 Å². The lowest BCUT2D eigenvalue weighted by molar-refractivity contribution is 0.00303. The van der Waals surface area contributed by atoms with Crippen molar-refractivity contribution in [2.75, 3.05) is 13.7 Å². The van der Waals surface area contributed by atoms with Gasteiger partial charge in [-0.05, 0) is 25.0 Å². The first-order valence-corrected chi connectivity index (χ1v) is 5.21. The number of hydrogen-bond donors (Lipinski definition) is 3. The molecule has 2 atom stereocenters. The molecule has 16 heavy (non-hydrogen) atoms. The maximum Gasteiger partial charge on any atom is 0.125 e. The number of aliphatic hydroxyl groups excluding tert-OH is 3. The molecule has 0 saturated heterocycles. The number of hydrogen-bond acceptors (Lipinski definition) is 4. The minimum absolute atomic E-state index is 0.137. The lowest BCUT2D eigenvalue weighted by atomic mass is 10.00. The first-order chi connectivity index (χ1) is 7.60. The van der Waals surface area contributed by atoms with Crippen LogP contribution in [0.5, 0.6) is 5.75 Å². The Labute approximate surface area is 95.1 Å². The smallest absolute Gasteiger partial charge is 0.125 e. The molecule has 4 heteroatoms. The molecule has 90 valence electrons. The van der Waals surface area contributed by atoms with Gasteiger partial charge in [-0.3, -0.25) is 0 Å². The molecular formula is C12H18O4. The summed E-state index contributed by atoms with van der Waals surface area (Å²) in [6.45, 7) is 1.76. The highest BCUT2D eigenvalue weighted by Crippen LogP contribution is 2.29. The minimum Gasteiger partial charge on any atom is -0.496 e. The Bertz CT molecular complexity index is 338. The van der Waals surface area contributed by atoms with Crippen molar-refractivity contribution >= 4 is 0 Å². The molecule has 0 spiro atoms. The zero-order valence-corrected chi connectivity index (χ0v) is 9.55. The molecule has 2 unspecified atom stereocenters. The molecule has 0 saturated carbocycles. The molecule has 0 aliphatic carbocycles.